The average molecular weight is 747 g/mol. The molecule has 15 rings (SSSR count). The van der Waals surface area contributed by atoms with E-state index in [1.807, 2.05) is 0 Å². The highest BCUT2D eigenvalue weighted by molar-refractivity contribution is 6.39. The van der Waals surface area contributed by atoms with Gasteiger partial charge in [0.05, 0.1) is 44.8 Å². The number of aromatic nitrogens is 4. The molecule has 0 N–H and O–H groups in total. The second-order valence-corrected chi connectivity index (χ2v) is 16.3. The minimum Gasteiger partial charge on any atom is -0.309 e. The maximum atomic E-state index is 5.46. The van der Waals surface area contributed by atoms with Gasteiger partial charge in [0.1, 0.15) is 5.65 Å². The summed E-state index contributed by atoms with van der Waals surface area (Å²) in [5.41, 5.74) is 13.1. The number of pyridine rings is 1. The van der Waals surface area contributed by atoms with Crippen LogP contribution in [0.2, 0.25) is 0 Å². The highest BCUT2D eigenvalue weighted by atomic mass is 15.0. The van der Waals surface area contributed by atoms with Crippen molar-refractivity contribution in [2.24, 2.45) is 0 Å². The van der Waals surface area contributed by atoms with Crippen molar-refractivity contribution in [3.63, 3.8) is 0 Å². The van der Waals surface area contributed by atoms with Crippen LogP contribution in [0.3, 0.4) is 0 Å². The Bertz CT molecular complexity index is 4300. The second-order valence-electron chi connectivity index (χ2n) is 16.3. The quantitative estimate of drug-likeness (QED) is 0.173. The van der Waals surface area contributed by atoms with Crippen molar-refractivity contribution >= 4 is 120 Å². The Kier molecular flexibility index (Phi) is 5.38. The van der Waals surface area contributed by atoms with Gasteiger partial charge in [-0.05, 0) is 75.6 Å². The predicted octanol–water partition coefficient (Wildman–Crippen LogP) is 14.5. The standard InChI is InChI=1S/C55H30N4/c1-2-15-35(16-3-1)57-45-23-9-8-18-38(45)42-27-34(24-25-46(42)57)37-19-10-21-40-44-28-33-14-6-7-17-36(33)49-51-48(58(52(37)40)54(44)49)30-56-55-50(51)41-22-11-20-39-43-26-31-12-4-5-13-32(31)29-47(43)59(55)53(39)41/h1-30H. The number of rotatable bonds is 2. The SMILES string of the molecule is c1ccc(-n2c3ccccc3c3cc(-c4cccc5c6cc7ccccc7c7c8c9c%10cccc%11c%12cc%13ccccc%13cc%12n(c9ncc8n(c45)c67)c%11%10)ccc32)cc1. The smallest absolute Gasteiger partial charge is 0.146 e. The molecule has 0 aliphatic carbocycles. The van der Waals surface area contributed by atoms with E-state index in [0.717, 1.165) is 11.2 Å². The van der Waals surface area contributed by atoms with Gasteiger partial charge in [-0.25, -0.2) is 4.98 Å². The molecule has 0 saturated carbocycles. The van der Waals surface area contributed by atoms with Crippen LogP contribution < -0.4 is 0 Å². The first-order chi connectivity index (χ1) is 29.3. The van der Waals surface area contributed by atoms with E-state index in [2.05, 4.69) is 195 Å². The molecule has 0 atom stereocenters. The fraction of sp³-hybridized carbons (Fsp3) is 0. The Labute approximate surface area is 335 Å². The molecule has 59 heavy (non-hydrogen) atoms. The van der Waals surface area contributed by atoms with Crippen LogP contribution in [0.15, 0.2) is 182 Å². The molecule has 0 aliphatic heterocycles. The molecule has 0 spiro atoms. The van der Waals surface area contributed by atoms with Crippen LogP contribution in [-0.4, -0.2) is 18.4 Å². The molecule has 0 saturated heterocycles. The Morgan fingerprint density at radius 1 is 0.339 bits per heavy atom. The van der Waals surface area contributed by atoms with Crippen LogP contribution in [-0.2, 0) is 0 Å². The lowest BCUT2D eigenvalue weighted by Gasteiger charge is -2.09. The molecule has 4 heteroatoms. The molecule has 0 amide bonds. The van der Waals surface area contributed by atoms with Gasteiger partial charge in [-0.1, -0.05) is 127 Å². The summed E-state index contributed by atoms with van der Waals surface area (Å²) in [6.07, 6.45) is 2.15. The minimum atomic E-state index is 1.01. The molecular formula is C55H30N4. The molecule has 9 aromatic carbocycles. The monoisotopic (exact) mass is 746 g/mol. The molecule has 6 heterocycles. The van der Waals surface area contributed by atoms with Crippen LogP contribution in [0.4, 0.5) is 0 Å². The van der Waals surface area contributed by atoms with Crippen LogP contribution in [0.25, 0.3) is 136 Å². The van der Waals surface area contributed by atoms with Crippen LogP contribution >= 0.6 is 0 Å². The van der Waals surface area contributed by atoms with Crippen LogP contribution in [0.5, 0.6) is 0 Å². The Morgan fingerprint density at radius 3 is 1.88 bits per heavy atom. The number of benzene rings is 9. The van der Waals surface area contributed by atoms with Crippen molar-refractivity contribution < 1.29 is 0 Å². The largest absolute Gasteiger partial charge is 0.309 e. The van der Waals surface area contributed by atoms with Gasteiger partial charge in [-0.2, -0.15) is 0 Å². The topological polar surface area (TPSA) is 26.6 Å². The highest BCUT2D eigenvalue weighted by Crippen LogP contribution is 2.50. The average Bonchev–Trinajstić information content (AvgIpc) is 4.08. The zero-order valence-electron chi connectivity index (χ0n) is 31.6. The molecule has 0 fully saturated rings. The zero-order valence-corrected chi connectivity index (χ0v) is 31.6. The van der Waals surface area contributed by atoms with Gasteiger partial charge in [-0.3, -0.25) is 4.40 Å². The summed E-state index contributed by atoms with van der Waals surface area (Å²) in [4.78, 5) is 5.46. The summed E-state index contributed by atoms with van der Waals surface area (Å²) < 4.78 is 7.37. The fourth-order valence-corrected chi connectivity index (χ4v) is 11.1. The zero-order chi connectivity index (χ0) is 38.1. The first-order valence-electron chi connectivity index (χ1n) is 20.4. The number of fused-ring (bicyclic) bond motifs is 19. The van der Waals surface area contributed by atoms with E-state index in [4.69, 9.17) is 4.98 Å². The number of para-hydroxylation sites is 4. The van der Waals surface area contributed by atoms with Gasteiger partial charge < -0.3 is 8.97 Å². The molecule has 4 nitrogen and oxygen atoms in total. The molecule has 0 radical (unpaired) electrons. The number of hydrogen-bond acceptors (Lipinski definition) is 1. The van der Waals surface area contributed by atoms with Gasteiger partial charge in [-0.15, -0.1) is 0 Å². The lowest BCUT2D eigenvalue weighted by atomic mass is 9.97. The predicted molar refractivity (Wildman–Crippen MR) is 248 cm³/mol. The molecular weight excluding hydrogens is 717 g/mol. The number of hydrogen-bond donors (Lipinski definition) is 0. The lowest BCUT2D eigenvalue weighted by molar-refractivity contribution is 1.18. The number of nitrogens with zero attached hydrogens (tertiary/aromatic N) is 4. The Morgan fingerprint density at radius 2 is 1.00 bits per heavy atom. The van der Waals surface area contributed by atoms with E-state index in [-0.39, 0.29) is 0 Å². The summed E-state index contributed by atoms with van der Waals surface area (Å²) in [6, 6.07) is 65.0. The summed E-state index contributed by atoms with van der Waals surface area (Å²) >= 11 is 0. The normalized spacial score (nSPS) is 12.7. The van der Waals surface area contributed by atoms with E-state index in [1.54, 1.807) is 0 Å². The molecule has 0 unspecified atom stereocenters. The molecule has 15 aromatic rings. The van der Waals surface area contributed by atoms with Crippen LogP contribution in [0.1, 0.15) is 0 Å². The Balaban J connectivity index is 1.11. The van der Waals surface area contributed by atoms with Gasteiger partial charge in [0, 0.05) is 65.1 Å². The van der Waals surface area contributed by atoms with Crippen LogP contribution in [0, 0.1) is 0 Å². The van der Waals surface area contributed by atoms with E-state index >= 15 is 0 Å². The summed E-state index contributed by atoms with van der Waals surface area (Å²) in [6.45, 7) is 0. The maximum Gasteiger partial charge on any atom is 0.146 e. The van der Waals surface area contributed by atoms with E-state index in [9.17, 15) is 0 Å². The van der Waals surface area contributed by atoms with Crippen molar-refractivity contribution in [3.8, 4) is 16.8 Å². The van der Waals surface area contributed by atoms with E-state index in [1.165, 1.54) is 125 Å². The van der Waals surface area contributed by atoms with E-state index < -0.39 is 0 Å². The lowest BCUT2D eigenvalue weighted by Crippen LogP contribution is -1.93. The van der Waals surface area contributed by atoms with Gasteiger partial charge in [0.2, 0.25) is 0 Å². The summed E-state index contributed by atoms with van der Waals surface area (Å²) in [7, 11) is 0. The van der Waals surface area contributed by atoms with Crippen molar-refractivity contribution in [3.05, 3.63) is 182 Å². The van der Waals surface area contributed by atoms with Crippen molar-refractivity contribution in [1.29, 1.82) is 0 Å². The molecule has 6 aromatic heterocycles. The molecule has 0 bridgehead atoms. The third-order valence-electron chi connectivity index (χ3n) is 13.5. The third kappa shape index (κ3) is 3.60. The van der Waals surface area contributed by atoms with Crippen molar-refractivity contribution in [2.45, 2.75) is 0 Å². The second kappa shape index (κ2) is 10.5. The molecule has 0 aliphatic rings. The van der Waals surface area contributed by atoms with Gasteiger partial charge >= 0.3 is 0 Å². The van der Waals surface area contributed by atoms with Crippen molar-refractivity contribution in [2.75, 3.05) is 0 Å². The first-order valence-corrected chi connectivity index (χ1v) is 20.4. The Hall–Kier alpha value is -7.95. The third-order valence-corrected chi connectivity index (χ3v) is 13.5. The summed E-state index contributed by atoms with van der Waals surface area (Å²) in [5.74, 6) is 0. The first kappa shape index (κ1) is 30.2. The van der Waals surface area contributed by atoms with Crippen molar-refractivity contribution in [1.82, 2.24) is 18.4 Å². The van der Waals surface area contributed by atoms with E-state index in [0.29, 0.717) is 0 Å². The minimum absolute atomic E-state index is 1.01. The maximum absolute atomic E-state index is 5.46. The fourth-order valence-electron chi connectivity index (χ4n) is 11.1. The highest BCUT2D eigenvalue weighted by Gasteiger charge is 2.27. The van der Waals surface area contributed by atoms with Gasteiger partial charge in [0.15, 0.2) is 0 Å². The van der Waals surface area contributed by atoms with Gasteiger partial charge in [0.25, 0.3) is 0 Å². The summed E-state index contributed by atoms with van der Waals surface area (Å²) in [5, 5.41) is 17.6. The molecule has 270 valence electrons.